The van der Waals surface area contributed by atoms with Crippen LogP contribution in [0.5, 0.6) is 5.75 Å². The van der Waals surface area contributed by atoms with Gasteiger partial charge in [-0.25, -0.2) is 4.98 Å². The summed E-state index contributed by atoms with van der Waals surface area (Å²) >= 11 is 7.18. The van der Waals surface area contributed by atoms with Crippen LogP contribution in [0.25, 0.3) is 10.4 Å². The smallest absolute Gasteiger partial charge is 0.417 e. The summed E-state index contributed by atoms with van der Waals surface area (Å²) in [5, 5.41) is 25.4. The molecule has 70 heavy (non-hydrogen) atoms. The number of aromatic nitrogens is 1. The summed E-state index contributed by atoms with van der Waals surface area (Å²) in [6, 6.07) is 17.3. The molecule has 0 unspecified atom stereocenters. The molecule has 15 nitrogen and oxygen atoms in total. The lowest BCUT2D eigenvalue weighted by molar-refractivity contribution is -0.144. The van der Waals surface area contributed by atoms with Gasteiger partial charge in [-0.3, -0.25) is 24.1 Å². The molecule has 3 N–H and O–H groups in total. The molecule has 2 saturated heterocycles. The van der Waals surface area contributed by atoms with Crippen molar-refractivity contribution >= 4 is 63.7 Å². The molecule has 0 saturated carbocycles. The van der Waals surface area contributed by atoms with Gasteiger partial charge in [-0.1, -0.05) is 45.0 Å². The van der Waals surface area contributed by atoms with E-state index in [-0.39, 0.29) is 49.4 Å². The molecule has 2 fully saturated rings. The van der Waals surface area contributed by atoms with E-state index in [1.807, 2.05) is 52.0 Å². The van der Waals surface area contributed by atoms with Gasteiger partial charge in [0, 0.05) is 51.4 Å². The zero-order valence-electron chi connectivity index (χ0n) is 39.9. The average molecular weight is 1010 g/mol. The second-order valence-electron chi connectivity index (χ2n) is 18.7. The van der Waals surface area contributed by atoms with E-state index in [0.717, 1.165) is 38.7 Å². The second kappa shape index (κ2) is 22.8. The third kappa shape index (κ3) is 12.9. The zero-order valence-corrected chi connectivity index (χ0v) is 41.6. The molecule has 0 spiro atoms. The maximum absolute atomic E-state index is 13.9. The maximum Gasteiger partial charge on any atom is 0.417 e. The minimum absolute atomic E-state index is 0.00948. The lowest BCUT2D eigenvalue weighted by Crippen LogP contribution is -2.58. The van der Waals surface area contributed by atoms with Crippen LogP contribution >= 0.6 is 23.6 Å². The number of alkyl halides is 3. The lowest BCUT2D eigenvalue weighted by Gasteiger charge is -2.35. The molecule has 6 rings (SSSR count). The topological polar surface area (TPSA) is 187 Å². The van der Waals surface area contributed by atoms with Crippen molar-refractivity contribution in [2.45, 2.75) is 104 Å². The SMILES string of the molecule is Cc1ncsc1-c1ccc(CNC(=O)[C@@H]2C[C@@H](O)CN2C(=O)[C@@H](NC(=O)COCCCCOCCCOc2ccc(N3C(=S)N(c4ccc(C#N)c(C(F)(F)F)c4)C(=O)C3(C)C)cc2)C(C)(C)C)cc1. The molecular formula is C50H58F3N7O8S2. The highest BCUT2D eigenvalue weighted by Crippen LogP contribution is 2.40. The molecule has 3 atom stereocenters. The predicted octanol–water partition coefficient (Wildman–Crippen LogP) is 7.32. The molecule has 20 heteroatoms. The Hall–Kier alpha value is -5.98. The summed E-state index contributed by atoms with van der Waals surface area (Å²) in [5.74, 6) is -1.30. The number of likely N-dealkylation sites (tertiary alicyclic amines) is 1. The number of amides is 4. The molecule has 2 aliphatic rings. The van der Waals surface area contributed by atoms with Gasteiger partial charge in [0.1, 0.15) is 30.0 Å². The van der Waals surface area contributed by atoms with Crippen molar-refractivity contribution in [1.82, 2.24) is 20.5 Å². The van der Waals surface area contributed by atoms with Crippen LogP contribution in [-0.4, -0.2) is 107 Å². The number of hydrogen-bond acceptors (Lipinski definition) is 12. The van der Waals surface area contributed by atoms with Crippen molar-refractivity contribution in [2.24, 2.45) is 5.41 Å². The molecule has 0 radical (unpaired) electrons. The first-order valence-corrected chi connectivity index (χ1v) is 24.1. The van der Waals surface area contributed by atoms with Crippen LogP contribution in [0.1, 0.15) is 82.7 Å². The number of β-amino-alcohol motifs (C(OH)–C–C–N with tert-alkyl or cyclic N) is 1. The number of thiocarbonyl (C=S) groups is 1. The predicted molar refractivity (Wildman–Crippen MR) is 262 cm³/mol. The number of thiazole rings is 1. The molecule has 374 valence electrons. The van der Waals surface area contributed by atoms with Crippen LogP contribution in [0.2, 0.25) is 0 Å². The minimum atomic E-state index is -4.80. The standard InChI is InChI=1S/C50H58F3N7O8S2/c1-31-42(70-30-56-31)33-12-10-32(11-13-33)27-55-44(63)40-25-37(61)28-58(40)45(64)43(48(2,3)4)57-41(62)29-67-21-8-7-20-66-22-9-23-68-38-18-16-35(17-19-38)60-47(69)59(46(65)49(60,5)6)36-15-14-34(26-54)39(24-36)50(51,52)53/h10-19,24,30,37,40,43,61H,7-9,20-23,25,27-29H2,1-6H3,(H,55,63)(H,57,62)/t37-,40+,43-/m1/s1. The molecule has 1 aromatic heterocycles. The van der Waals surface area contributed by atoms with Crippen LogP contribution < -0.4 is 25.2 Å². The summed E-state index contributed by atoms with van der Waals surface area (Å²) in [6.45, 7) is 12.1. The van der Waals surface area contributed by atoms with Crippen molar-refractivity contribution in [1.29, 1.82) is 5.26 Å². The van der Waals surface area contributed by atoms with Gasteiger partial charge >= 0.3 is 6.18 Å². The Morgan fingerprint density at radius 3 is 2.26 bits per heavy atom. The number of aliphatic hydroxyl groups excluding tert-OH is 1. The van der Waals surface area contributed by atoms with E-state index in [0.29, 0.717) is 50.5 Å². The van der Waals surface area contributed by atoms with E-state index in [2.05, 4.69) is 15.6 Å². The van der Waals surface area contributed by atoms with E-state index < -0.39 is 64.2 Å². The number of rotatable bonds is 20. The Balaban J connectivity index is 0.867. The summed E-state index contributed by atoms with van der Waals surface area (Å²) in [6.07, 6.45) is -3.72. The van der Waals surface area contributed by atoms with Gasteiger partial charge in [-0.15, -0.1) is 11.3 Å². The van der Waals surface area contributed by atoms with E-state index in [9.17, 15) is 42.7 Å². The first kappa shape index (κ1) is 53.4. The highest BCUT2D eigenvalue weighted by atomic mass is 32.1. The Morgan fingerprint density at radius 2 is 1.63 bits per heavy atom. The number of ether oxygens (including phenoxy) is 3. The van der Waals surface area contributed by atoms with Crippen LogP contribution in [0.15, 0.2) is 72.2 Å². The number of nitrogens with one attached hydrogen (secondary N) is 2. The lowest BCUT2D eigenvalue weighted by atomic mass is 9.85. The summed E-state index contributed by atoms with van der Waals surface area (Å²) in [4.78, 5) is 63.2. The number of halogens is 3. The van der Waals surface area contributed by atoms with Gasteiger partial charge in [0.05, 0.1) is 51.7 Å². The zero-order chi connectivity index (χ0) is 51.0. The number of anilines is 2. The number of aryl methyl sites for hydroxylation is 1. The van der Waals surface area contributed by atoms with Crippen molar-refractivity contribution < 1.29 is 51.7 Å². The number of nitrogens with zero attached hydrogens (tertiary/aromatic N) is 5. The number of carbonyl (C=O) groups is 4. The van der Waals surface area contributed by atoms with Crippen LogP contribution in [0, 0.1) is 23.7 Å². The van der Waals surface area contributed by atoms with Gasteiger partial charge in [0.2, 0.25) is 17.7 Å². The quantitative estimate of drug-likeness (QED) is 0.0593. The molecule has 4 amide bonds. The fraction of sp³-hybridized carbons (Fsp3) is 0.460. The molecular weight excluding hydrogens is 948 g/mol. The number of hydrogen-bond donors (Lipinski definition) is 3. The fourth-order valence-electron chi connectivity index (χ4n) is 8.16. The highest BCUT2D eigenvalue weighted by molar-refractivity contribution is 7.81. The summed E-state index contributed by atoms with van der Waals surface area (Å²) in [7, 11) is 0. The number of benzene rings is 3. The van der Waals surface area contributed by atoms with E-state index in [4.69, 9.17) is 26.4 Å². The van der Waals surface area contributed by atoms with Crippen LogP contribution in [0.3, 0.4) is 0 Å². The Morgan fingerprint density at radius 1 is 0.971 bits per heavy atom. The Kier molecular flexibility index (Phi) is 17.4. The van der Waals surface area contributed by atoms with Crippen LogP contribution in [0.4, 0.5) is 24.5 Å². The largest absolute Gasteiger partial charge is 0.494 e. The number of nitriles is 1. The fourth-order valence-corrected chi connectivity index (χ4v) is 9.49. The summed E-state index contributed by atoms with van der Waals surface area (Å²) in [5.41, 5.74) is 1.45. The van der Waals surface area contributed by atoms with Crippen molar-refractivity contribution in [3.05, 3.63) is 94.6 Å². The molecule has 3 aromatic carbocycles. The Labute approximate surface area is 414 Å². The third-order valence-corrected chi connectivity index (χ3v) is 13.3. The van der Waals surface area contributed by atoms with E-state index in [1.165, 1.54) is 11.0 Å². The number of carbonyl (C=O) groups excluding carboxylic acids is 4. The minimum Gasteiger partial charge on any atom is -0.494 e. The first-order chi connectivity index (χ1) is 33.1. The molecule has 0 bridgehead atoms. The van der Waals surface area contributed by atoms with E-state index in [1.54, 1.807) is 65.9 Å². The Bertz CT molecular complexity index is 2560. The molecule has 3 heterocycles. The molecule has 2 aliphatic heterocycles. The van der Waals surface area contributed by atoms with Gasteiger partial charge in [0.25, 0.3) is 5.91 Å². The normalized spacial score (nSPS) is 17.4. The molecule has 4 aromatic rings. The van der Waals surface area contributed by atoms with Crippen molar-refractivity contribution in [3.63, 3.8) is 0 Å². The summed E-state index contributed by atoms with van der Waals surface area (Å²) < 4.78 is 58.3. The molecule has 0 aliphatic carbocycles. The average Bonchev–Trinajstić information content (AvgIpc) is 3.98. The highest BCUT2D eigenvalue weighted by Gasteiger charge is 2.51. The monoisotopic (exact) mass is 1010 g/mol. The van der Waals surface area contributed by atoms with Crippen LogP contribution in [-0.2, 0) is 41.4 Å². The third-order valence-electron chi connectivity index (χ3n) is 11.9. The first-order valence-electron chi connectivity index (χ1n) is 22.8. The maximum atomic E-state index is 13.9. The van der Waals surface area contributed by atoms with Gasteiger partial charge in [-0.05, 0) is 105 Å². The van der Waals surface area contributed by atoms with Crippen molar-refractivity contribution in [2.75, 3.05) is 49.4 Å². The van der Waals surface area contributed by atoms with Gasteiger partial charge in [-0.2, -0.15) is 18.4 Å². The second-order valence-corrected chi connectivity index (χ2v) is 19.9. The number of aliphatic hydroxyl groups is 1. The van der Waals surface area contributed by atoms with E-state index >= 15 is 0 Å². The van der Waals surface area contributed by atoms with Crippen molar-refractivity contribution in [3.8, 4) is 22.3 Å². The van der Waals surface area contributed by atoms with Gasteiger partial charge < -0.3 is 39.8 Å². The number of unbranched alkanes of at least 4 members (excludes halogenated alkanes) is 1. The van der Waals surface area contributed by atoms with Gasteiger partial charge in [0.15, 0.2) is 5.11 Å².